The maximum Gasteiger partial charge on any atom is 0.0951 e. The van der Waals surface area contributed by atoms with Crippen LogP contribution in [0.4, 0.5) is 0 Å². The molecule has 0 amide bonds. The molecule has 0 aromatic rings. The summed E-state index contributed by atoms with van der Waals surface area (Å²) in [6.07, 6.45) is 3.32. The lowest BCUT2D eigenvalue weighted by molar-refractivity contribution is -0.0901. The van der Waals surface area contributed by atoms with E-state index >= 15 is 0 Å². The molecule has 3 nitrogen and oxygen atoms in total. The average molecular weight is 255 g/mol. The molecule has 1 N–H and O–H groups in total. The van der Waals surface area contributed by atoms with Crippen molar-refractivity contribution in [2.75, 3.05) is 26.4 Å². The SMILES string of the molecule is CC(C)C(C)(C)CNC1CCOC2(CCOC2)C1. The first-order valence-corrected chi connectivity index (χ1v) is 7.39. The Balaban J connectivity index is 1.83. The second-order valence-electron chi connectivity index (χ2n) is 7.05. The van der Waals surface area contributed by atoms with Crippen LogP contribution in [0.1, 0.15) is 47.0 Å². The van der Waals surface area contributed by atoms with Gasteiger partial charge < -0.3 is 14.8 Å². The van der Waals surface area contributed by atoms with Crippen molar-refractivity contribution < 1.29 is 9.47 Å². The lowest BCUT2D eigenvalue weighted by Gasteiger charge is -2.39. The van der Waals surface area contributed by atoms with Crippen molar-refractivity contribution in [3.05, 3.63) is 0 Å². The molecule has 3 heteroatoms. The third-order valence-electron chi connectivity index (χ3n) is 4.97. The zero-order chi connectivity index (χ0) is 13.2. The Labute approximate surface area is 112 Å². The fourth-order valence-electron chi connectivity index (χ4n) is 2.68. The number of ether oxygens (including phenoxy) is 2. The van der Waals surface area contributed by atoms with Crippen LogP contribution in [0.2, 0.25) is 0 Å². The van der Waals surface area contributed by atoms with Crippen molar-refractivity contribution >= 4 is 0 Å². The second-order valence-corrected chi connectivity index (χ2v) is 7.05. The van der Waals surface area contributed by atoms with Gasteiger partial charge in [-0.05, 0) is 24.2 Å². The highest BCUT2D eigenvalue weighted by Crippen LogP contribution is 2.33. The standard InChI is InChI=1S/C15H29NO2/c1-12(2)14(3,4)10-16-13-5-7-18-15(9-13)6-8-17-11-15/h12-13,16H,5-11H2,1-4H3. The number of nitrogens with one attached hydrogen (secondary N) is 1. The molecule has 1 spiro atoms. The summed E-state index contributed by atoms with van der Waals surface area (Å²) in [6.45, 7) is 12.9. The van der Waals surface area contributed by atoms with E-state index in [9.17, 15) is 0 Å². The quantitative estimate of drug-likeness (QED) is 0.837. The molecular weight excluding hydrogens is 226 g/mol. The Kier molecular flexibility index (Phi) is 4.35. The van der Waals surface area contributed by atoms with Gasteiger partial charge in [0.05, 0.1) is 12.2 Å². The molecule has 2 heterocycles. The van der Waals surface area contributed by atoms with E-state index in [1.54, 1.807) is 0 Å². The fraction of sp³-hybridized carbons (Fsp3) is 1.00. The van der Waals surface area contributed by atoms with Gasteiger partial charge in [-0.3, -0.25) is 0 Å². The Morgan fingerprint density at radius 2 is 2.11 bits per heavy atom. The summed E-state index contributed by atoms with van der Waals surface area (Å²) < 4.78 is 11.5. The molecule has 0 aliphatic carbocycles. The van der Waals surface area contributed by atoms with E-state index in [4.69, 9.17) is 9.47 Å². The zero-order valence-corrected chi connectivity index (χ0v) is 12.4. The van der Waals surface area contributed by atoms with Crippen molar-refractivity contribution in [2.24, 2.45) is 11.3 Å². The van der Waals surface area contributed by atoms with Crippen molar-refractivity contribution in [1.82, 2.24) is 5.32 Å². The molecular formula is C15H29NO2. The zero-order valence-electron chi connectivity index (χ0n) is 12.4. The molecule has 18 heavy (non-hydrogen) atoms. The molecule has 106 valence electrons. The molecule has 2 aliphatic rings. The van der Waals surface area contributed by atoms with Gasteiger partial charge >= 0.3 is 0 Å². The van der Waals surface area contributed by atoms with Gasteiger partial charge in [-0.1, -0.05) is 27.7 Å². The fourth-order valence-corrected chi connectivity index (χ4v) is 2.68. The molecule has 2 rings (SSSR count). The first kappa shape index (κ1) is 14.3. The van der Waals surface area contributed by atoms with E-state index < -0.39 is 0 Å². The van der Waals surface area contributed by atoms with Crippen LogP contribution in [-0.2, 0) is 9.47 Å². The Morgan fingerprint density at radius 3 is 2.72 bits per heavy atom. The summed E-state index contributed by atoms with van der Waals surface area (Å²) in [5, 5.41) is 3.76. The monoisotopic (exact) mass is 255 g/mol. The normalized spacial score (nSPS) is 33.5. The second kappa shape index (κ2) is 5.48. The van der Waals surface area contributed by atoms with Crippen molar-refractivity contribution in [1.29, 1.82) is 0 Å². The summed E-state index contributed by atoms with van der Waals surface area (Å²) >= 11 is 0. The van der Waals surface area contributed by atoms with Crippen LogP contribution in [0.25, 0.3) is 0 Å². The van der Waals surface area contributed by atoms with Gasteiger partial charge in [0.25, 0.3) is 0 Å². The number of hydrogen-bond donors (Lipinski definition) is 1. The highest BCUT2D eigenvalue weighted by Gasteiger charge is 2.41. The third kappa shape index (κ3) is 3.25. The van der Waals surface area contributed by atoms with Gasteiger partial charge in [-0.2, -0.15) is 0 Å². The Hall–Kier alpha value is -0.120. The number of hydrogen-bond acceptors (Lipinski definition) is 3. The minimum atomic E-state index is 0.0257. The molecule has 2 aliphatic heterocycles. The molecule has 2 fully saturated rings. The summed E-state index contributed by atoms with van der Waals surface area (Å²) in [4.78, 5) is 0. The summed E-state index contributed by atoms with van der Waals surface area (Å²) in [5.41, 5.74) is 0.384. The maximum atomic E-state index is 5.97. The highest BCUT2D eigenvalue weighted by molar-refractivity contribution is 4.93. The molecule has 0 aromatic heterocycles. The van der Waals surface area contributed by atoms with E-state index in [1.165, 1.54) is 0 Å². The van der Waals surface area contributed by atoms with Gasteiger partial charge in [-0.15, -0.1) is 0 Å². The highest BCUT2D eigenvalue weighted by atomic mass is 16.6. The van der Waals surface area contributed by atoms with Gasteiger partial charge in [0.2, 0.25) is 0 Å². The lowest BCUT2D eigenvalue weighted by atomic mass is 9.80. The summed E-state index contributed by atoms with van der Waals surface area (Å²) in [5.74, 6) is 0.702. The molecule has 0 saturated carbocycles. The van der Waals surface area contributed by atoms with E-state index in [1.807, 2.05) is 0 Å². The first-order chi connectivity index (χ1) is 8.44. The first-order valence-electron chi connectivity index (χ1n) is 7.39. The van der Waals surface area contributed by atoms with Crippen LogP contribution < -0.4 is 5.32 Å². The van der Waals surface area contributed by atoms with Crippen LogP contribution >= 0.6 is 0 Å². The minimum Gasteiger partial charge on any atom is -0.378 e. The Bertz CT molecular complexity index is 270. The van der Waals surface area contributed by atoms with E-state index in [0.717, 1.165) is 45.6 Å². The summed E-state index contributed by atoms with van der Waals surface area (Å²) in [7, 11) is 0. The maximum absolute atomic E-state index is 5.97. The molecule has 0 bridgehead atoms. The largest absolute Gasteiger partial charge is 0.378 e. The van der Waals surface area contributed by atoms with Crippen LogP contribution in [0.15, 0.2) is 0 Å². The molecule has 2 saturated heterocycles. The third-order valence-corrected chi connectivity index (χ3v) is 4.97. The van der Waals surface area contributed by atoms with E-state index in [0.29, 0.717) is 17.4 Å². The molecule has 2 atom stereocenters. The predicted octanol–water partition coefficient (Wildman–Crippen LogP) is 2.60. The predicted molar refractivity (Wildman–Crippen MR) is 73.8 cm³/mol. The van der Waals surface area contributed by atoms with E-state index in [2.05, 4.69) is 33.0 Å². The van der Waals surface area contributed by atoms with Gasteiger partial charge in [0, 0.05) is 32.2 Å². The van der Waals surface area contributed by atoms with Crippen molar-refractivity contribution in [3.63, 3.8) is 0 Å². The van der Waals surface area contributed by atoms with Gasteiger partial charge in [0.1, 0.15) is 0 Å². The Morgan fingerprint density at radius 1 is 1.33 bits per heavy atom. The van der Waals surface area contributed by atoms with Crippen molar-refractivity contribution in [2.45, 2.75) is 58.6 Å². The van der Waals surface area contributed by atoms with Crippen LogP contribution in [0, 0.1) is 11.3 Å². The lowest BCUT2D eigenvalue weighted by Crippen LogP contribution is -2.49. The van der Waals surface area contributed by atoms with Crippen LogP contribution in [0.5, 0.6) is 0 Å². The van der Waals surface area contributed by atoms with Gasteiger partial charge in [0.15, 0.2) is 0 Å². The molecule has 2 unspecified atom stereocenters. The minimum absolute atomic E-state index is 0.0257. The van der Waals surface area contributed by atoms with E-state index in [-0.39, 0.29) is 5.60 Å². The average Bonchev–Trinajstić information content (AvgIpc) is 2.75. The topological polar surface area (TPSA) is 30.5 Å². The van der Waals surface area contributed by atoms with Gasteiger partial charge in [-0.25, -0.2) is 0 Å². The molecule has 0 radical (unpaired) electrons. The smallest absolute Gasteiger partial charge is 0.0951 e. The van der Waals surface area contributed by atoms with Crippen LogP contribution in [0.3, 0.4) is 0 Å². The van der Waals surface area contributed by atoms with Crippen LogP contribution in [-0.4, -0.2) is 38.0 Å². The number of rotatable bonds is 4. The summed E-state index contributed by atoms with van der Waals surface area (Å²) in [6, 6.07) is 0.596. The van der Waals surface area contributed by atoms with Crippen molar-refractivity contribution in [3.8, 4) is 0 Å². The molecule has 0 aromatic carbocycles.